The highest BCUT2D eigenvalue weighted by atomic mass is 35.5. The van der Waals surface area contributed by atoms with Crippen LogP contribution in [0.5, 0.6) is 5.75 Å². The summed E-state index contributed by atoms with van der Waals surface area (Å²) in [7, 11) is 0. The second-order valence-electron chi connectivity index (χ2n) is 4.78. The fraction of sp³-hybridized carbons (Fsp3) is 0. The largest absolute Gasteiger partial charge is 0.507 e. The lowest BCUT2D eigenvalue weighted by molar-refractivity contribution is 0.477. The van der Waals surface area contributed by atoms with Crippen molar-refractivity contribution in [2.24, 2.45) is 0 Å². The van der Waals surface area contributed by atoms with Crippen LogP contribution in [0.3, 0.4) is 0 Å². The molecule has 3 N–H and O–H groups in total. The van der Waals surface area contributed by atoms with Gasteiger partial charge in [0.1, 0.15) is 5.75 Å². The van der Waals surface area contributed by atoms with Gasteiger partial charge in [0.15, 0.2) is 11.6 Å². The maximum atomic E-state index is 9.91. The van der Waals surface area contributed by atoms with E-state index in [4.69, 9.17) is 17.3 Å². The van der Waals surface area contributed by atoms with Crippen molar-refractivity contribution in [2.45, 2.75) is 0 Å². The van der Waals surface area contributed by atoms with E-state index in [2.05, 4.69) is 15.0 Å². The smallest absolute Gasteiger partial charge is 0.224 e. The van der Waals surface area contributed by atoms with Crippen molar-refractivity contribution >= 4 is 29.7 Å². The number of hydrogen-bond donors (Lipinski definition) is 2. The van der Waals surface area contributed by atoms with E-state index < -0.39 is 0 Å². The second-order valence-corrected chi connectivity index (χ2v) is 5.21. The van der Waals surface area contributed by atoms with Crippen molar-refractivity contribution in [1.29, 1.82) is 0 Å². The first-order chi connectivity index (χ1) is 11.1. The monoisotopic (exact) mass is 324 g/mol. The van der Waals surface area contributed by atoms with Crippen LogP contribution < -0.4 is 5.73 Å². The van der Waals surface area contributed by atoms with E-state index in [0.717, 1.165) is 5.56 Å². The molecule has 23 heavy (non-hydrogen) atoms. The maximum Gasteiger partial charge on any atom is 0.224 e. The summed E-state index contributed by atoms with van der Waals surface area (Å²) in [6.45, 7) is 0. The fourth-order valence-corrected chi connectivity index (χ4v) is 2.14. The zero-order chi connectivity index (χ0) is 16.2. The average Bonchev–Trinajstić information content (AvgIpc) is 2.54. The number of benzene rings is 2. The van der Waals surface area contributed by atoms with Gasteiger partial charge in [0, 0.05) is 5.02 Å². The number of nitrogen functional groups attached to an aromatic ring is 1. The van der Waals surface area contributed by atoms with Crippen molar-refractivity contribution in [1.82, 2.24) is 15.0 Å². The van der Waals surface area contributed by atoms with E-state index in [-0.39, 0.29) is 11.7 Å². The third-order valence-corrected chi connectivity index (χ3v) is 3.36. The summed E-state index contributed by atoms with van der Waals surface area (Å²) in [5.41, 5.74) is 7.20. The molecule has 0 amide bonds. The molecule has 1 heterocycles. The third-order valence-electron chi connectivity index (χ3n) is 3.11. The molecule has 0 radical (unpaired) electrons. The number of hydrogen-bond acceptors (Lipinski definition) is 5. The van der Waals surface area contributed by atoms with Gasteiger partial charge in [-0.15, -0.1) is 0 Å². The van der Waals surface area contributed by atoms with E-state index in [1.54, 1.807) is 42.5 Å². The topological polar surface area (TPSA) is 84.9 Å². The van der Waals surface area contributed by atoms with Gasteiger partial charge in [-0.1, -0.05) is 41.9 Å². The molecule has 0 aliphatic heterocycles. The van der Waals surface area contributed by atoms with Crippen LogP contribution in [-0.4, -0.2) is 20.1 Å². The van der Waals surface area contributed by atoms with E-state index >= 15 is 0 Å². The van der Waals surface area contributed by atoms with E-state index in [9.17, 15) is 5.11 Å². The van der Waals surface area contributed by atoms with Gasteiger partial charge in [-0.2, -0.15) is 9.97 Å². The number of aromatic nitrogens is 3. The second kappa shape index (κ2) is 6.46. The molecule has 3 rings (SSSR count). The van der Waals surface area contributed by atoms with Gasteiger partial charge in [-0.3, -0.25) is 0 Å². The molecule has 6 heteroatoms. The van der Waals surface area contributed by atoms with Crippen LogP contribution >= 0.6 is 11.6 Å². The normalized spacial score (nSPS) is 11.0. The average molecular weight is 325 g/mol. The Balaban J connectivity index is 1.95. The van der Waals surface area contributed by atoms with Crippen molar-refractivity contribution in [2.75, 3.05) is 5.73 Å². The van der Waals surface area contributed by atoms with Crippen LogP contribution in [0.2, 0.25) is 5.02 Å². The highest BCUT2D eigenvalue weighted by molar-refractivity contribution is 6.30. The van der Waals surface area contributed by atoms with Gasteiger partial charge < -0.3 is 10.8 Å². The molecule has 0 atom stereocenters. The minimum Gasteiger partial charge on any atom is -0.507 e. The number of phenolic OH excluding ortho intramolecular Hbond substituents is 1. The third kappa shape index (κ3) is 3.64. The molecular weight excluding hydrogens is 312 g/mol. The van der Waals surface area contributed by atoms with Crippen molar-refractivity contribution in [3.63, 3.8) is 0 Å². The zero-order valence-electron chi connectivity index (χ0n) is 12.0. The molecule has 1 aromatic heterocycles. The first kappa shape index (κ1) is 15.0. The minimum absolute atomic E-state index is 0.0886. The Bertz CT molecular complexity index is 863. The molecule has 0 spiro atoms. The number of nitrogens with two attached hydrogens (primary N) is 1. The fourth-order valence-electron chi connectivity index (χ4n) is 2.01. The van der Waals surface area contributed by atoms with Crippen LogP contribution in [0, 0.1) is 0 Å². The molecule has 0 fully saturated rings. The quantitative estimate of drug-likeness (QED) is 0.768. The van der Waals surface area contributed by atoms with E-state index in [1.165, 1.54) is 0 Å². The van der Waals surface area contributed by atoms with E-state index in [1.807, 2.05) is 18.2 Å². The molecular formula is C17H13ClN4O. The van der Waals surface area contributed by atoms with Gasteiger partial charge in [-0.05, 0) is 35.9 Å². The Kier molecular flexibility index (Phi) is 4.21. The highest BCUT2D eigenvalue weighted by Crippen LogP contribution is 2.26. The van der Waals surface area contributed by atoms with Gasteiger partial charge in [-0.25, -0.2) is 4.98 Å². The van der Waals surface area contributed by atoms with Crippen LogP contribution in [0.15, 0.2) is 48.5 Å². The Morgan fingerprint density at radius 3 is 2.39 bits per heavy atom. The van der Waals surface area contributed by atoms with Crippen molar-refractivity contribution in [3.8, 4) is 17.1 Å². The van der Waals surface area contributed by atoms with Crippen molar-refractivity contribution in [3.05, 3.63) is 64.9 Å². The number of halogens is 1. The Labute approximate surface area is 138 Å². The predicted molar refractivity (Wildman–Crippen MR) is 91.7 cm³/mol. The van der Waals surface area contributed by atoms with Gasteiger partial charge in [0.2, 0.25) is 5.95 Å². The predicted octanol–water partition coefficient (Wildman–Crippen LogP) is 3.65. The summed E-state index contributed by atoms with van der Waals surface area (Å²) in [5, 5.41) is 10.6. The SMILES string of the molecule is Nc1nc(C=Cc2ccc(Cl)cc2)nc(-c2ccccc2O)n1. The number of anilines is 1. The first-order valence-corrected chi connectivity index (χ1v) is 7.23. The number of aromatic hydroxyl groups is 1. The first-order valence-electron chi connectivity index (χ1n) is 6.85. The number of phenols is 1. The van der Waals surface area contributed by atoms with Gasteiger partial charge >= 0.3 is 0 Å². The molecule has 0 saturated carbocycles. The van der Waals surface area contributed by atoms with Crippen LogP contribution in [0.25, 0.3) is 23.5 Å². The zero-order valence-corrected chi connectivity index (χ0v) is 12.8. The van der Waals surface area contributed by atoms with E-state index in [0.29, 0.717) is 22.2 Å². The summed E-state index contributed by atoms with van der Waals surface area (Å²) in [4.78, 5) is 12.5. The number of rotatable bonds is 3. The summed E-state index contributed by atoms with van der Waals surface area (Å²) in [6.07, 6.45) is 3.57. The van der Waals surface area contributed by atoms with Crippen LogP contribution in [0.1, 0.15) is 11.4 Å². The van der Waals surface area contributed by atoms with Crippen molar-refractivity contribution < 1.29 is 5.11 Å². The Morgan fingerprint density at radius 2 is 1.65 bits per heavy atom. The lowest BCUT2D eigenvalue weighted by atomic mass is 10.2. The minimum atomic E-state index is 0.0886. The summed E-state index contributed by atoms with van der Waals surface area (Å²) in [5.74, 6) is 0.914. The molecule has 0 bridgehead atoms. The standard InChI is InChI=1S/C17H13ClN4O/c18-12-8-5-11(6-9-12)7-10-15-20-16(22-17(19)21-15)13-3-1-2-4-14(13)23/h1-10,23H,(H2,19,20,21,22). The number of nitrogens with zero attached hydrogens (tertiary/aromatic N) is 3. The number of para-hydroxylation sites is 1. The van der Waals surface area contributed by atoms with Gasteiger partial charge in [0.05, 0.1) is 5.56 Å². The molecule has 0 aliphatic rings. The Morgan fingerprint density at radius 1 is 0.913 bits per heavy atom. The van der Waals surface area contributed by atoms with Crippen LogP contribution in [0.4, 0.5) is 5.95 Å². The van der Waals surface area contributed by atoms with Gasteiger partial charge in [0.25, 0.3) is 0 Å². The maximum absolute atomic E-state index is 9.91. The molecule has 0 unspecified atom stereocenters. The molecule has 5 nitrogen and oxygen atoms in total. The summed E-state index contributed by atoms with van der Waals surface area (Å²) in [6, 6.07) is 14.2. The molecule has 0 saturated heterocycles. The Hall–Kier alpha value is -2.92. The van der Waals surface area contributed by atoms with Crippen LogP contribution in [-0.2, 0) is 0 Å². The highest BCUT2D eigenvalue weighted by Gasteiger charge is 2.09. The summed E-state index contributed by atoms with van der Waals surface area (Å²) < 4.78 is 0. The lowest BCUT2D eigenvalue weighted by Gasteiger charge is -2.04. The molecule has 114 valence electrons. The molecule has 2 aromatic carbocycles. The summed E-state index contributed by atoms with van der Waals surface area (Å²) >= 11 is 5.86. The lowest BCUT2D eigenvalue weighted by Crippen LogP contribution is -2.02. The molecule has 3 aromatic rings. The molecule has 0 aliphatic carbocycles.